The molecule has 0 aromatic heterocycles. The summed E-state index contributed by atoms with van der Waals surface area (Å²) in [5.74, 6) is 1.29. The van der Waals surface area contributed by atoms with Crippen LogP contribution in [0.25, 0.3) is 0 Å². The number of phenols is 2. The Morgan fingerprint density at radius 2 is 1.74 bits per heavy atom. The number of ether oxygens (including phenoxy) is 6. The fraction of sp³-hybridized carbons (Fsp3) is 0.500. The van der Waals surface area contributed by atoms with Crippen LogP contribution >= 0.6 is 12.6 Å². The molecule has 292 valence electrons. The van der Waals surface area contributed by atoms with Crippen LogP contribution in [-0.4, -0.2) is 98.0 Å². The number of aromatic hydroxyl groups is 2. The van der Waals surface area contributed by atoms with E-state index in [0.717, 1.165) is 22.3 Å². The lowest BCUT2D eigenvalue weighted by atomic mass is 9.79. The fourth-order valence-corrected chi connectivity index (χ4v) is 8.90. The molecule has 4 aliphatic heterocycles. The van der Waals surface area contributed by atoms with Crippen molar-refractivity contribution in [2.75, 3.05) is 54.0 Å². The molecule has 3 aromatic rings. The molecule has 0 amide bonds. The molecule has 3 aromatic carbocycles. The Balaban J connectivity index is 0.00000245. The number of nitrogens with zero attached hydrogens (tertiary/aromatic N) is 2. The van der Waals surface area contributed by atoms with Gasteiger partial charge < -0.3 is 44.0 Å². The highest BCUT2D eigenvalue weighted by molar-refractivity contribution is 7.79. The molecule has 4 aliphatic rings. The molecule has 0 saturated carbocycles. The van der Waals surface area contributed by atoms with Gasteiger partial charge in [-0.15, -0.1) is 0 Å². The number of rotatable bonds is 8. The molecular weight excluding hydrogens is 715 g/mol. The van der Waals surface area contributed by atoms with Gasteiger partial charge in [0, 0.05) is 54.4 Å². The number of esters is 2. The number of hydrogen-bond donors (Lipinski definition) is 4. The largest absolute Gasteiger partial charge is 0.504 e. The molecule has 5 atom stereocenters. The van der Waals surface area contributed by atoms with E-state index in [9.17, 15) is 19.8 Å². The molecule has 0 aliphatic carbocycles. The minimum atomic E-state index is -0.788. The van der Waals surface area contributed by atoms with E-state index in [1.54, 1.807) is 25.5 Å². The van der Waals surface area contributed by atoms with Gasteiger partial charge in [0.15, 0.2) is 34.5 Å². The standard InChI is InChI=1S/C39H47N3O10.CH4S/c1-18-11-24-12-25-15-42(21(4)33(41(25)6)31(24)34(45)35(18)48-8)27(30-19(2)36(52-22(5)43)20(3)37-38(30)51-17-50-37)16-49-39(46)32-26-14-29(47-7)28(44)13-23(26)9-10-40-32;1-2/h11,13-14,21,25,27,32-33,40,44-45H,9-10,12,15-17H2,1-8H3;2H,1H3. The third-order valence-electron chi connectivity index (χ3n) is 11.3. The first-order chi connectivity index (χ1) is 25.9. The number of hydrogen-bond acceptors (Lipinski definition) is 14. The molecule has 4 heterocycles. The second-order valence-corrected chi connectivity index (χ2v) is 14.2. The molecule has 3 N–H and O–H groups in total. The minimum absolute atomic E-state index is 0.0137. The van der Waals surface area contributed by atoms with Gasteiger partial charge >= 0.3 is 11.9 Å². The maximum atomic E-state index is 14.1. The smallest absolute Gasteiger partial charge is 0.327 e. The maximum Gasteiger partial charge on any atom is 0.327 e. The summed E-state index contributed by atoms with van der Waals surface area (Å²) < 4.78 is 35.2. The van der Waals surface area contributed by atoms with Crippen LogP contribution in [0.5, 0.6) is 40.2 Å². The van der Waals surface area contributed by atoms with E-state index in [-0.39, 0.29) is 48.8 Å². The topological polar surface area (TPSA) is 148 Å². The summed E-state index contributed by atoms with van der Waals surface area (Å²) in [6.45, 7) is 10.2. The van der Waals surface area contributed by atoms with Crippen molar-refractivity contribution in [2.45, 2.75) is 77.7 Å². The first-order valence-corrected chi connectivity index (χ1v) is 19.0. The van der Waals surface area contributed by atoms with Crippen LogP contribution in [-0.2, 0) is 27.2 Å². The van der Waals surface area contributed by atoms with E-state index >= 15 is 0 Å². The second kappa shape index (κ2) is 15.8. The van der Waals surface area contributed by atoms with Crippen molar-refractivity contribution in [3.63, 3.8) is 0 Å². The zero-order chi connectivity index (χ0) is 39.2. The summed E-state index contributed by atoms with van der Waals surface area (Å²) in [7, 11) is 5.11. The Morgan fingerprint density at radius 3 is 2.43 bits per heavy atom. The molecule has 0 spiro atoms. The van der Waals surface area contributed by atoms with Gasteiger partial charge in [0.25, 0.3) is 0 Å². The van der Waals surface area contributed by atoms with E-state index in [1.165, 1.54) is 14.0 Å². The molecule has 54 heavy (non-hydrogen) atoms. The molecule has 13 nitrogen and oxygen atoms in total. The number of carbonyl (C=O) groups excluding carboxylic acids is 2. The van der Waals surface area contributed by atoms with Crippen LogP contribution in [0, 0.1) is 20.8 Å². The van der Waals surface area contributed by atoms with Gasteiger partial charge in [-0.2, -0.15) is 12.6 Å². The highest BCUT2D eigenvalue weighted by Crippen LogP contribution is 2.53. The summed E-state index contributed by atoms with van der Waals surface area (Å²) in [5.41, 5.74) is 6.32. The number of thiol groups is 1. The average Bonchev–Trinajstić information content (AvgIpc) is 3.63. The van der Waals surface area contributed by atoms with Crippen LogP contribution < -0.4 is 29.0 Å². The van der Waals surface area contributed by atoms with Gasteiger partial charge in [-0.3, -0.25) is 14.6 Å². The quantitative estimate of drug-likeness (QED) is 0.139. The highest BCUT2D eigenvalue weighted by atomic mass is 32.1. The zero-order valence-electron chi connectivity index (χ0n) is 32.4. The number of fused-ring (bicyclic) bond motifs is 6. The minimum Gasteiger partial charge on any atom is -0.504 e. The first kappa shape index (κ1) is 39.3. The van der Waals surface area contributed by atoms with Gasteiger partial charge in [-0.05, 0) is 88.2 Å². The summed E-state index contributed by atoms with van der Waals surface area (Å²) in [4.78, 5) is 31.1. The van der Waals surface area contributed by atoms with Crippen molar-refractivity contribution in [2.24, 2.45) is 0 Å². The molecular formula is C40H51N3O10S. The van der Waals surface area contributed by atoms with Crippen LogP contribution in [0.4, 0.5) is 0 Å². The summed E-state index contributed by atoms with van der Waals surface area (Å²) in [5, 5.41) is 25.3. The van der Waals surface area contributed by atoms with E-state index in [4.69, 9.17) is 28.4 Å². The predicted molar refractivity (Wildman–Crippen MR) is 205 cm³/mol. The van der Waals surface area contributed by atoms with Gasteiger partial charge in [0.05, 0.1) is 26.3 Å². The molecule has 7 rings (SSSR count). The molecule has 2 bridgehead atoms. The molecule has 5 unspecified atom stereocenters. The van der Waals surface area contributed by atoms with Crippen molar-refractivity contribution in [3.05, 3.63) is 62.7 Å². The van der Waals surface area contributed by atoms with Crippen LogP contribution in [0.15, 0.2) is 18.2 Å². The fourth-order valence-electron chi connectivity index (χ4n) is 8.90. The Morgan fingerprint density at radius 1 is 1.02 bits per heavy atom. The molecule has 14 heteroatoms. The van der Waals surface area contributed by atoms with Crippen LogP contribution in [0.2, 0.25) is 0 Å². The van der Waals surface area contributed by atoms with Gasteiger partial charge in [-0.1, -0.05) is 6.07 Å². The molecule has 1 fully saturated rings. The van der Waals surface area contributed by atoms with Crippen molar-refractivity contribution in [1.82, 2.24) is 15.1 Å². The number of carbonyl (C=O) groups is 2. The lowest BCUT2D eigenvalue weighted by molar-refractivity contribution is -0.150. The SMILES string of the molecule is COc1cc2c(cc1O)CCNC2C(=O)OCC(c1c(C)c(OC(C)=O)c(C)c2c1OCO2)N1CC2Cc3cc(C)c(OC)c(O)c3C(C1C)N2C.CS. The second-order valence-electron chi connectivity index (χ2n) is 14.2. The van der Waals surface area contributed by atoms with Gasteiger partial charge in [0.2, 0.25) is 6.79 Å². The van der Waals surface area contributed by atoms with E-state index in [0.29, 0.717) is 71.2 Å². The normalized spacial score (nSPS) is 21.9. The van der Waals surface area contributed by atoms with Crippen LogP contribution in [0.3, 0.4) is 0 Å². The Hall–Kier alpha value is -4.37. The van der Waals surface area contributed by atoms with Gasteiger partial charge in [-0.25, -0.2) is 4.79 Å². The Labute approximate surface area is 321 Å². The molecule has 1 saturated heterocycles. The van der Waals surface area contributed by atoms with E-state index in [2.05, 4.69) is 47.8 Å². The number of nitrogens with one attached hydrogen (secondary N) is 1. The predicted octanol–water partition coefficient (Wildman–Crippen LogP) is 5.01. The third kappa shape index (κ3) is 6.67. The highest BCUT2D eigenvalue weighted by Gasteiger charge is 2.48. The summed E-state index contributed by atoms with van der Waals surface area (Å²) >= 11 is 3.53. The summed E-state index contributed by atoms with van der Waals surface area (Å²) in [6.07, 6.45) is 3.02. The number of methoxy groups -OCH3 is 2. The number of piperazine rings is 1. The Bertz CT molecular complexity index is 1950. The van der Waals surface area contributed by atoms with E-state index in [1.807, 2.05) is 20.8 Å². The maximum absolute atomic E-state index is 14.1. The van der Waals surface area contributed by atoms with E-state index < -0.39 is 24.0 Å². The number of likely N-dealkylation sites (N-methyl/N-ethyl adjacent to an activating group) is 1. The van der Waals surface area contributed by atoms with Crippen molar-refractivity contribution in [3.8, 4) is 40.2 Å². The first-order valence-electron chi connectivity index (χ1n) is 18.1. The Kier molecular flexibility index (Phi) is 11.5. The van der Waals surface area contributed by atoms with Crippen molar-refractivity contribution >= 4 is 24.6 Å². The number of phenolic OH excluding ortho intramolecular Hbond substituents is 2. The number of benzene rings is 3. The van der Waals surface area contributed by atoms with Crippen LogP contribution in [0.1, 0.15) is 76.5 Å². The summed E-state index contributed by atoms with van der Waals surface area (Å²) in [6, 6.07) is 3.69. The van der Waals surface area contributed by atoms with Gasteiger partial charge in [0.1, 0.15) is 18.4 Å². The number of aryl methyl sites for hydroxylation is 1. The lowest BCUT2D eigenvalue weighted by Gasteiger charge is -2.55. The third-order valence-corrected chi connectivity index (χ3v) is 11.3. The lowest BCUT2D eigenvalue weighted by Crippen LogP contribution is -2.61. The molecule has 0 radical (unpaired) electrons. The zero-order valence-corrected chi connectivity index (χ0v) is 33.3. The van der Waals surface area contributed by atoms with Crippen molar-refractivity contribution in [1.29, 1.82) is 0 Å². The van der Waals surface area contributed by atoms with Crippen molar-refractivity contribution < 1.29 is 48.2 Å². The monoisotopic (exact) mass is 765 g/mol. The average molecular weight is 766 g/mol.